The van der Waals surface area contributed by atoms with Gasteiger partial charge in [0.25, 0.3) is 10.0 Å². The Bertz CT molecular complexity index is 1370. The molecule has 30 heavy (non-hydrogen) atoms. The third-order valence-corrected chi connectivity index (χ3v) is 6.41. The van der Waals surface area contributed by atoms with Gasteiger partial charge in [0.15, 0.2) is 5.78 Å². The van der Waals surface area contributed by atoms with E-state index in [1.54, 1.807) is 6.07 Å². The van der Waals surface area contributed by atoms with Crippen LogP contribution in [0, 0.1) is 13.8 Å². The maximum Gasteiger partial charge on any atom is 0.261 e. The Balaban J connectivity index is 1.69. The lowest BCUT2D eigenvalue weighted by molar-refractivity contribution is 0.101. The number of nitrogens with one attached hydrogen (secondary N) is 1. The van der Waals surface area contributed by atoms with E-state index in [0.717, 1.165) is 28.0 Å². The van der Waals surface area contributed by atoms with Crippen molar-refractivity contribution in [1.82, 2.24) is 9.38 Å². The minimum absolute atomic E-state index is 0.0978. The van der Waals surface area contributed by atoms with Gasteiger partial charge < -0.3 is 4.40 Å². The Kier molecular flexibility index (Phi) is 4.91. The van der Waals surface area contributed by atoms with Crippen molar-refractivity contribution in [2.24, 2.45) is 0 Å². The molecule has 2 aromatic heterocycles. The first-order valence-corrected chi connectivity index (χ1v) is 10.9. The summed E-state index contributed by atoms with van der Waals surface area (Å²) in [5.74, 6) is -0.113. The average Bonchev–Trinajstić information content (AvgIpc) is 3.15. The van der Waals surface area contributed by atoms with E-state index >= 15 is 0 Å². The van der Waals surface area contributed by atoms with Crippen LogP contribution >= 0.6 is 0 Å². The second-order valence-corrected chi connectivity index (χ2v) is 8.95. The number of aromatic nitrogens is 2. The number of anilines is 1. The molecule has 0 saturated carbocycles. The Hall–Kier alpha value is -3.45. The van der Waals surface area contributed by atoms with Gasteiger partial charge in [-0.05, 0) is 56.2 Å². The summed E-state index contributed by atoms with van der Waals surface area (Å²) in [7, 11) is -3.80. The largest absolute Gasteiger partial charge is 0.306 e. The highest BCUT2D eigenvalue weighted by Crippen LogP contribution is 2.27. The molecular weight excluding hydrogens is 398 g/mol. The summed E-state index contributed by atoms with van der Waals surface area (Å²) in [4.78, 5) is 16.2. The number of nitrogens with zero attached hydrogens (tertiary/aromatic N) is 2. The van der Waals surface area contributed by atoms with Crippen LogP contribution < -0.4 is 4.72 Å². The van der Waals surface area contributed by atoms with Crippen LogP contribution in [0.3, 0.4) is 0 Å². The van der Waals surface area contributed by atoms with Gasteiger partial charge in [-0.2, -0.15) is 0 Å². The Morgan fingerprint density at radius 3 is 2.40 bits per heavy atom. The van der Waals surface area contributed by atoms with Gasteiger partial charge in [-0.15, -0.1) is 0 Å². The highest BCUT2D eigenvalue weighted by molar-refractivity contribution is 7.92. The lowest BCUT2D eigenvalue weighted by Crippen LogP contribution is -2.14. The fourth-order valence-corrected chi connectivity index (χ4v) is 4.38. The Labute approximate surface area is 175 Å². The number of benzene rings is 2. The van der Waals surface area contributed by atoms with Crippen LogP contribution in [0.25, 0.3) is 16.9 Å². The number of aryl methyl sites for hydroxylation is 2. The first-order chi connectivity index (χ1) is 14.2. The van der Waals surface area contributed by atoms with Gasteiger partial charge >= 0.3 is 0 Å². The van der Waals surface area contributed by atoms with Crippen molar-refractivity contribution >= 4 is 27.1 Å². The molecule has 0 bridgehead atoms. The van der Waals surface area contributed by atoms with Crippen LogP contribution in [-0.4, -0.2) is 23.6 Å². The van der Waals surface area contributed by atoms with Crippen molar-refractivity contribution in [3.05, 3.63) is 83.7 Å². The monoisotopic (exact) mass is 419 g/mol. The molecular formula is C23H21N3O3S. The van der Waals surface area contributed by atoms with E-state index in [2.05, 4.69) is 9.71 Å². The minimum atomic E-state index is -3.80. The zero-order valence-corrected chi connectivity index (χ0v) is 17.7. The fourth-order valence-electron chi connectivity index (χ4n) is 3.26. The molecule has 0 saturated heterocycles. The van der Waals surface area contributed by atoms with Gasteiger partial charge in [0.1, 0.15) is 5.65 Å². The zero-order chi connectivity index (χ0) is 21.5. The molecule has 0 aliphatic carbocycles. The molecule has 4 aromatic rings. The van der Waals surface area contributed by atoms with Crippen molar-refractivity contribution in [2.75, 3.05) is 4.72 Å². The number of pyridine rings is 1. The number of Topliss-reactive ketones (excluding diaryl/α,β-unsaturated/α-hetero) is 1. The number of hydrogen-bond acceptors (Lipinski definition) is 4. The quantitative estimate of drug-likeness (QED) is 0.479. The lowest BCUT2D eigenvalue weighted by atomic mass is 10.1. The molecule has 0 fully saturated rings. The molecule has 1 N–H and O–H groups in total. The summed E-state index contributed by atoms with van der Waals surface area (Å²) in [6.07, 6.45) is 3.85. The van der Waals surface area contributed by atoms with Crippen LogP contribution in [-0.2, 0) is 10.0 Å². The summed E-state index contributed by atoms with van der Waals surface area (Å²) in [6.45, 7) is 5.28. The van der Waals surface area contributed by atoms with Crippen LogP contribution in [0.5, 0.6) is 0 Å². The summed E-state index contributed by atoms with van der Waals surface area (Å²) < 4.78 is 30.3. The van der Waals surface area contributed by atoms with Crippen LogP contribution in [0.4, 0.5) is 5.69 Å². The van der Waals surface area contributed by atoms with Gasteiger partial charge in [-0.3, -0.25) is 9.52 Å². The number of fused-ring (bicyclic) bond motifs is 1. The van der Waals surface area contributed by atoms with Crippen molar-refractivity contribution in [3.8, 4) is 11.3 Å². The molecule has 0 radical (unpaired) electrons. The van der Waals surface area contributed by atoms with E-state index in [4.69, 9.17) is 0 Å². The predicted octanol–water partition coefficient (Wildman–Crippen LogP) is 4.62. The van der Waals surface area contributed by atoms with Crippen molar-refractivity contribution in [3.63, 3.8) is 0 Å². The summed E-state index contributed by atoms with van der Waals surface area (Å²) in [6, 6.07) is 15.4. The van der Waals surface area contributed by atoms with E-state index < -0.39 is 10.0 Å². The van der Waals surface area contributed by atoms with Crippen molar-refractivity contribution in [2.45, 2.75) is 25.7 Å². The second kappa shape index (κ2) is 7.42. The summed E-state index contributed by atoms with van der Waals surface area (Å²) >= 11 is 0. The van der Waals surface area contributed by atoms with E-state index in [1.165, 1.54) is 31.2 Å². The molecule has 2 aromatic carbocycles. The molecule has 2 heterocycles. The SMILES string of the molecule is CC(=O)c1ccc(S(=O)(=O)Nc2cc(-c3cn4cccc(C)c4n3)ccc2C)cc1. The van der Waals surface area contributed by atoms with Crippen LogP contribution in [0.2, 0.25) is 0 Å². The summed E-state index contributed by atoms with van der Waals surface area (Å²) in [5, 5.41) is 0. The number of imidazole rings is 1. The molecule has 0 amide bonds. The van der Waals surface area contributed by atoms with E-state index in [9.17, 15) is 13.2 Å². The number of rotatable bonds is 5. The van der Waals surface area contributed by atoms with Crippen molar-refractivity contribution in [1.29, 1.82) is 0 Å². The van der Waals surface area contributed by atoms with Gasteiger partial charge in [0.05, 0.1) is 16.3 Å². The molecule has 0 spiro atoms. The standard InChI is InChI=1S/C23H21N3O3S/c1-15-6-7-19(22-14-26-12-4-5-16(2)23(26)24-22)13-21(15)25-30(28,29)20-10-8-18(9-11-20)17(3)27/h4-14,25H,1-3H3. The summed E-state index contributed by atoms with van der Waals surface area (Å²) in [5.41, 5.74) is 5.24. The maximum atomic E-state index is 12.9. The van der Waals surface area contributed by atoms with Gasteiger partial charge in [-0.25, -0.2) is 13.4 Å². The Morgan fingerprint density at radius 2 is 1.73 bits per heavy atom. The molecule has 0 aliphatic rings. The molecule has 7 heteroatoms. The van der Waals surface area contributed by atoms with E-state index in [1.807, 2.05) is 54.9 Å². The van der Waals surface area contributed by atoms with Crippen LogP contribution in [0.15, 0.2) is 71.9 Å². The van der Waals surface area contributed by atoms with Gasteiger partial charge in [0.2, 0.25) is 0 Å². The first-order valence-electron chi connectivity index (χ1n) is 9.44. The number of carbonyl (C=O) groups excluding carboxylic acids is 1. The highest BCUT2D eigenvalue weighted by Gasteiger charge is 2.17. The average molecular weight is 420 g/mol. The Morgan fingerprint density at radius 1 is 1.00 bits per heavy atom. The molecule has 0 atom stereocenters. The number of carbonyl (C=O) groups is 1. The number of sulfonamides is 1. The number of hydrogen-bond donors (Lipinski definition) is 1. The van der Waals surface area contributed by atoms with E-state index in [-0.39, 0.29) is 10.7 Å². The topological polar surface area (TPSA) is 80.5 Å². The molecule has 6 nitrogen and oxygen atoms in total. The molecule has 0 unspecified atom stereocenters. The van der Waals surface area contributed by atoms with Gasteiger partial charge in [0, 0.05) is 23.5 Å². The first kappa shape index (κ1) is 19.8. The highest BCUT2D eigenvalue weighted by atomic mass is 32.2. The lowest BCUT2D eigenvalue weighted by Gasteiger charge is -2.12. The van der Waals surface area contributed by atoms with Crippen LogP contribution in [0.1, 0.15) is 28.4 Å². The third kappa shape index (κ3) is 3.71. The van der Waals surface area contributed by atoms with Gasteiger partial charge in [-0.1, -0.05) is 30.3 Å². The van der Waals surface area contributed by atoms with E-state index in [0.29, 0.717) is 11.3 Å². The smallest absolute Gasteiger partial charge is 0.261 e. The maximum absolute atomic E-state index is 12.9. The molecule has 4 rings (SSSR count). The fraction of sp³-hybridized carbons (Fsp3) is 0.130. The number of ketones is 1. The predicted molar refractivity (Wildman–Crippen MR) is 117 cm³/mol. The molecule has 152 valence electrons. The molecule has 0 aliphatic heterocycles. The second-order valence-electron chi connectivity index (χ2n) is 7.26. The van der Waals surface area contributed by atoms with Crippen molar-refractivity contribution < 1.29 is 13.2 Å². The third-order valence-electron chi connectivity index (χ3n) is 5.03. The minimum Gasteiger partial charge on any atom is -0.306 e. The zero-order valence-electron chi connectivity index (χ0n) is 16.9. The normalized spacial score (nSPS) is 11.6.